The predicted octanol–water partition coefficient (Wildman–Crippen LogP) is 4.20. The van der Waals surface area contributed by atoms with Crippen LogP contribution in [0, 0.1) is 0 Å². The van der Waals surface area contributed by atoms with Crippen LogP contribution in [0.3, 0.4) is 0 Å². The van der Waals surface area contributed by atoms with Gasteiger partial charge in [-0.15, -0.1) is 11.6 Å². The zero-order chi connectivity index (χ0) is 9.68. The van der Waals surface area contributed by atoms with Gasteiger partial charge in [0, 0.05) is 21.9 Å². The average Bonchev–Trinajstić information content (AvgIpc) is 2.16. The van der Waals surface area contributed by atoms with Gasteiger partial charge in [-0.25, -0.2) is 0 Å². The average molecular weight is 235 g/mol. The van der Waals surface area contributed by atoms with Crippen molar-refractivity contribution in [3.8, 4) is 0 Å². The standard InChI is InChI=1S/C10H12Cl2S/c1-8(6-11)13-7-9-4-2-3-5-10(9)12/h2-5,8H,6-7H2,1H3. The molecule has 0 heterocycles. The summed E-state index contributed by atoms with van der Waals surface area (Å²) < 4.78 is 0. The topological polar surface area (TPSA) is 0 Å². The molecule has 0 aromatic heterocycles. The maximum absolute atomic E-state index is 6.00. The molecule has 0 radical (unpaired) electrons. The summed E-state index contributed by atoms with van der Waals surface area (Å²) in [5.41, 5.74) is 1.19. The molecule has 0 spiro atoms. The minimum Gasteiger partial charge on any atom is -0.153 e. The first kappa shape index (κ1) is 11.2. The van der Waals surface area contributed by atoms with E-state index in [0.717, 1.165) is 10.8 Å². The molecule has 3 heteroatoms. The van der Waals surface area contributed by atoms with E-state index < -0.39 is 0 Å². The third-order valence-corrected chi connectivity index (χ3v) is 3.93. The van der Waals surface area contributed by atoms with Gasteiger partial charge in [0.1, 0.15) is 0 Å². The lowest BCUT2D eigenvalue weighted by molar-refractivity contribution is 1.12. The van der Waals surface area contributed by atoms with Gasteiger partial charge in [0.2, 0.25) is 0 Å². The summed E-state index contributed by atoms with van der Waals surface area (Å²) in [5.74, 6) is 1.63. The molecule has 1 aromatic rings. The molecule has 0 aliphatic carbocycles. The SMILES string of the molecule is CC(CCl)SCc1ccccc1Cl. The number of thioether (sulfide) groups is 1. The fraction of sp³-hybridized carbons (Fsp3) is 0.400. The van der Waals surface area contributed by atoms with E-state index in [2.05, 4.69) is 13.0 Å². The summed E-state index contributed by atoms with van der Waals surface area (Å²) >= 11 is 13.5. The monoisotopic (exact) mass is 234 g/mol. The van der Waals surface area contributed by atoms with E-state index >= 15 is 0 Å². The molecule has 72 valence electrons. The molecule has 1 unspecified atom stereocenters. The van der Waals surface area contributed by atoms with E-state index in [9.17, 15) is 0 Å². The van der Waals surface area contributed by atoms with E-state index in [1.807, 2.05) is 30.0 Å². The number of hydrogen-bond acceptors (Lipinski definition) is 1. The lowest BCUT2D eigenvalue weighted by atomic mass is 10.2. The lowest BCUT2D eigenvalue weighted by Gasteiger charge is -2.07. The van der Waals surface area contributed by atoms with Crippen LogP contribution in [-0.4, -0.2) is 11.1 Å². The van der Waals surface area contributed by atoms with Crippen LogP contribution in [0.4, 0.5) is 0 Å². The Balaban J connectivity index is 2.50. The van der Waals surface area contributed by atoms with E-state index in [-0.39, 0.29) is 0 Å². The van der Waals surface area contributed by atoms with Crippen molar-refractivity contribution in [3.05, 3.63) is 34.9 Å². The van der Waals surface area contributed by atoms with Crippen LogP contribution < -0.4 is 0 Å². The van der Waals surface area contributed by atoms with Gasteiger partial charge in [-0.05, 0) is 11.6 Å². The largest absolute Gasteiger partial charge is 0.153 e. The number of benzene rings is 1. The molecule has 0 N–H and O–H groups in total. The zero-order valence-electron chi connectivity index (χ0n) is 7.47. The highest BCUT2D eigenvalue weighted by Gasteiger charge is 2.03. The third-order valence-electron chi connectivity index (χ3n) is 1.70. The first-order chi connectivity index (χ1) is 6.24. The van der Waals surface area contributed by atoms with Gasteiger partial charge in [0.25, 0.3) is 0 Å². The summed E-state index contributed by atoms with van der Waals surface area (Å²) in [6.45, 7) is 2.12. The summed E-state index contributed by atoms with van der Waals surface area (Å²) in [6.07, 6.45) is 0. The summed E-state index contributed by atoms with van der Waals surface area (Å²) in [6, 6.07) is 7.92. The molecule has 0 bridgehead atoms. The second-order valence-electron chi connectivity index (χ2n) is 2.87. The first-order valence-electron chi connectivity index (χ1n) is 4.15. The quantitative estimate of drug-likeness (QED) is 0.705. The molecule has 0 amide bonds. The Morgan fingerprint density at radius 2 is 2.08 bits per heavy atom. The Kier molecular flexibility index (Phi) is 5.00. The van der Waals surface area contributed by atoms with Crippen LogP contribution in [0.1, 0.15) is 12.5 Å². The normalized spacial score (nSPS) is 12.8. The highest BCUT2D eigenvalue weighted by molar-refractivity contribution is 7.99. The van der Waals surface area contributed by atoms with Gasteiger partial charge >= 0.3 is 0 Å². The van der Waals surface area contributed by atoms with Crippen LogP contribution in [0.15, 0.2) is 24.3 Å². The van der Waals surface area contributed by atoms with E-state index in [1.165, 1.54) is 5.56 Å². The summed E-state index contributed by atoms with van der Waals surface area (Å²) in [7, 11) is 0. The molecule has 0 nitrogen and oxygen atoms in total. The van der Waals surface area contributed by atoms with Gasteiger partial charge in [-0.1, -0.05) is 36.7 Å². The van der Waals surface area contributed by atoms with Gasteiger partial charge in [0.05, 0.1) is 0 Å². The fourth-order valence-electron chi connectivity index (χ4n) is 0.892. The number of rotatable bonds is 4. The van der Waals surface area contributed by atoms with Gasteiger partial charge in [0.15, 0.2) is 0 Å². The van der Waals surface area contributed by atoms with Gasteiger partial charge in [-0.2, -0.15) is 11.8 Å². The molecule has 1 rings (SSSR count). The minimum atomic E-state index is 0.484. The Morgan fingerprint density at radius 3 is 2.69 bits per heavy atom. The molecule has 0 fully saturated rings. The predicted molar refractivity (Wildman–Crippen MR) is 62.9 cm³/mol. The molecular weight excluding hydrogens is 223 g/mol. The molecule has 0 aliphatic heterocycles. The van der Waals surface area contributed by atoms with Crippen LogP contribution in [0.5, 0.6) is 0 Å². The van der Waals surface area contributed by atoms with Gasteiger partial charge < -0.3 is 0 Å². The Morgan fingerprint density at radius 1 is 1.38 bits per heavy atom. The van der Waals surface area contributed by atoms with E-state index in [4.69, 9.17) is 23.2 Å². The van der Waals surface area contributed by atoms with Crippen LogP contribution in [0.2, 0.25) is 5.02 Å². The van der Waals surface area contributed by atoms with E-state index in [1.54, 1.807) is 0 Å². The zero-order valence-corrected chi connectivity index (χ0v) is 9.79. The molecule has 0 saturated carbocycles. The molecule has 0 saturated heterocycles. The molecule has 1 aromatic carbocycles. The second-order valence-corrected chi connectivity index (χ2v) is 5.01. The van der Waals surface area contributed by atoms with Crippen molar-refractivity contribution >= 4 is 35.0 Å². The lowest BCUT2D eigenvalue weighted by Crippen LogP contribution is -1.97. The van der Waals surface area contributed by atoms with Crippen LogP contribution >= 0.6 is 35.0 Å². The van der Waals surface area contributed by atoms with Crippen molar-refractivity contribution in [2.45, 2.75) is 17.9 Å². The Hall–Kier alpha value is 0.150. The molecule has 0 aliphatic rings. The van der Waals surface area contributed by atoms with Crippen molar-refractivity contribution < 1.29 is 0 Å². The maximum Gasteiger partial charge on any atom is 0.0446 e. The molecular formula is C10H12Cl2S. The highest BCUT2D eigenvalue weighted by Crippen LogP contribution is 2.23. The van der Waals surface area contributed by atoms with Gasteiger partial charge in [-0.3, -0.25) is 0 Å². The summed E-state index contributed by atoms with van der Waals surface area (Å²) in [5, 5.41) is 1.33. The van der Waals surface area contributed by atoms with Crippen molar-refractivity contribution in [3.63, 3.8) is 0 Å². The number of hydrogen-bond donors (Lipinski definition) is 0. The molecule has 13 heavy (non-hydrogen) atoms. The Labute approximate surface area is 93.6 Å². The number of alkyl halides is 1. The van der Waals surface area contributed by atoms with Crippen LogP contribution in [-0.2, 0) is 5.75 Å². The smallest absolute Gasteiger partial charge is 0.0446 e. The second kappa shape index (κ2) is 5.79. The van der Waals surface area contributed by atoms with Crippen molar-refractivity contribution in [2.24, 2.45) is 0 Å². The maximum atomic E-state index is 6.00. The fourth-order valence-corrected chi connectivity index (χ4v) is 2.25. The molecule has 1 atom stereocenters. The third kappa shape index (κ3) is 3.80. The van der Waals surface area contributed by atoms with Crippen LogP contribution in [0.25, 0.3) is 0 Å². The Bertz CT molecular complexity index is 263. The van der Waals surface area contributed by atoms with Crippen molar-refractivity contribution in [1.82, 2.24) is 0 Å². The highest BCUT2D eigenvalue weighted by atomic mass is 35.5. The summed E-state index contributed by atoms with van der Waals surface area (Å²) in [4.78, 5) is 0. The minimum absolute atomic E-state index is 0.484. The van der Waals surface area contributed by atoms with Crippen molar-refractivity contribution in [2.75, 3.05) is 5.88 Å². The van der Waals surface area contributed by atoms with E-state index in [0.29, 0.717) is 11.1 Å². The van der Waals surface area contributed by atoms with Crippen molar-refractivity contribution in [1.29, 1.82) is 0 Å². The first-order valence-corrected chi connectivity index (χ1v) is 6.11. The number of halogens is 2.